The Morgan fingerprint density at radius 3 is 2.63 bits per heavy atom. The van der Waals surface area contributed by atoms with Crippen LogP contribution in [0.25, 0.3) is 0 Å². The van der Waals surface area contributed by atoms with Crippen LogP contribution in [0.4, 0.5) is 18.0 Å². The number of hydrazine groups is 1. The smallest absolute Gasteiger partial charge is 0.337 e. The number of amides is 2. The molecule has 35 heavy (non-hydrogen) atoms. The molecule has 1 saturated heterocycles. The Morgan fingerprint density at radius 1 is 1.34 bits per heavy atom. The summed E-state index contributed by atoms with van der Waals surface area (Å²) in [6.07, 6.45) is 2.59. The van der Waals surface area contributed by atoms with Crippen molar-refractivity contribution in [1.82, 2.24) is 30.2 Å². The predicted molar refractivity (Wildman–Crippen MR) is 136 cm³/mol. The summed E-state index contributed by atoms with van der Waals surface area (Å²) in [6, 6.07) is 0.0302. The number of carbonyl (C=O) groups is 1. The molecular weight excluding hydrogens is 574 g/mol. The fourth-order valence-corrected chi connectivity index (χ4v) is 6.85. The van der Waals surface area contributed by atoms with Crippen LogP contribution in [0.15, 0.2) is 17.5 Å². The molecular formula is C23H35F3IN7O. The standard InChI is InChI=1S/C23H35F3IN7O/c1-4-15(2)19-29-20(31-30-19)17-9-22(27,10-17)13-32(3)21(35)34-7-5-16(6-8-34)11-33-12-18(28-14-33)23(24,25)26/h12,14-17,20,31H,4-11,13H2,1-3H3,(H,29,30). The molecule has 0 radical (unpaired) electrons. The number of amidine groups is 1. The van der Waals surface area contributed by atoms with Gasteiger partial charge in [-0.3, -0.25) is 4.99 Å². The molecule has 3 aliphatic rings. The first kappa shape index (κ1) is 26.5. The van der Waals surface area contributed by atoms with Gasteiger partial charge in [0.05, 0.1) is 6.33 Å². The van der Waals surface area contributed by atoms with E-state index in [0.717, 1.165) is 44.1 Å². The molecule has 0 aromatic carbocycles. The van der Waals surface area contributed by atoms with Crippen LogP contribution in [-0.4, -0.2) is 67.5 Å². The highest BCUT2D eigenvalue weighted by molar-refractivity contribution is 14.1. The minimum Gasteiger partial charge on any atom is -0.337 e. The number of urea groups is 1. The van der Waals surface area contributed by atoms with E-state index in [1.54, 1.807) is 0 Å². The minimum absolute atomic E-state index is 0.0302. The molecule has 1 aliphatic carbocycles. The SMILES string of the molecule is CCC(C)C1=NC(C2CC(I)(CN(C)C(=O)N3CCC(Cn4cnc(C(F)(F)F)c4)CC3)C2)NN1. The van der Waals surface area contributed by atoms with Gasteiger partial charge in [-0.1, -0.05) is 36.4 Å². The number of rotatable bonds is 7. The van der Waals surface area contributed by atoms with Crippen molar-refractivity contribution in [2.75, 3.05) is 26.7 Å². The van der Waals surface area contributed by atoms with E-state index < -0.39 is 11.9 Å². The van der Waals surface area contributed by atoms with Gasteiger partial charge in [0.1, 0.15) is 12.0 Å². The predicted octanol–water partition coefficient (Wildman–Crippen LogP) is 4.13. The van der Waals surface area contributed by atoms with Gasteiger partial charge in [0.15, 0.2) is 5.69 Å². The van der Waals surface area contributed by atoms with Crippen LogP contribution in [0.2, 0.25) is 0 Å². The van der Waals surface area contributed by atoms with Gasteiger partial charge in [-0.25, -0.2) is 15.2 Å². The molecule has 0 bridgehead atoms. The van der Waals surface area contributed by atoms with Gasteiger partial charge >= 0.3 is 12.2 Å². The van der Waals surface area contributed by atoms with Gasteiger partial charge in [0.2, 0.25) is 0 Å². The fourth-order valence-electron chi connectivity index (χ4n) is 5.21. The number of carbonyl (C=O) groups excluding carboxylic acids is 1. The average molecular weight is 609 g/mol. The third-order valence-electron chi connectivity index (χ3n) is 7.53. The van der Waals surface area contributed by atoms with Crippen LogP contribution >= 0.6 is 22.6 Å². The molecule has 8 nitrogen and oxygen atoms in total. The maximum Gasteiger partial charge on any atom is 0.434 e. The van der Waals surface area contributed by atoms with E-state index in [0.29, 0.717) is 38.0 Å². The van der Waals surface area contributed by atoms with E-state index in [1.165, 1.54) is 10.9 Å². The van der Waals surface area contributed by atoms with Crippen LogP contribution in [0.1, 0.15) is 51.6 Å². The van der Waals surface area contributed by atoms with Crippen molar-refractivity contribution in [3.05, 3.63) is 18.2 Å². The summed E-state index contributed by atoms with van der Waals surface area (Å²) in [4.78, 5) is 25.0. The monoisotopic (exact) mass is 609 g/mol. The number of aromatic nitrogens is 2. The van der Waals surface area contributed by atoms with Crippen molar-refractivity contribution in [3.8, 4) is 0 Å². The van der Waals surface area contributed by atoms with Crippen LogP contribution in [0.5, 0.6) is 0 Å². The highest BCUT2D eigenvalue weighted by Gasteiger charge is 2.48. The normalized spacial score (nSPS) is 28.3. The van der Waals surface area contributed by atoms with Crippen molar-refractivity contribution < 1.29 is 18.0 Å². The maximum atomic E-state index is 13.0. The van der Waals surface area contributed by atoms with Crippen molar-refractivity contribution in [3.63, 3.8) is 0 Å². The third-order valence-corrected chi connectivity index (χ3v) is 8.75. The lowest BCUT2D eigenvalue weighted by atomic mass is 9.73. The van der Waals surface area contributed by atoms with Gasteiger partial charge in [0.25, 0.3) is 0 Å². The quantitative estimate of drug-likeness (QED) is 0.360. The molecule has 2 unspecified atom stereocenters. The molecule has 0 spiro atoms. The highest BCUT2D eigenvalue weighted by Crippen LogP contribution is 2.48. The maximum absolute atomic E-state index is 13.0. The molecule has 1 saturated carbocycles. The van der Waals surface area contributed by atoms with Crippen LogP contribution in [0, 0.1) is 17.8 Å². The summed E-state index contributed by atoms with van der Waals surface area (Å²) in [5, 5.41) is 0. The number of piperidine rings is 1. The molecule has 4 rings (SSSR count). The molecule has 12 heteroatoms. The molecule has 1 aromatic rings. The number of alkyl halides is 4. The van der Waals surface area contributed by atoms with E-state index >= 15 is 0 Å². The van der Waals surface area contributed by atoms with Crippen molar-refractivity contribution >= 4 is 34.5 Å². The Hall–Kier alpha value is -1.57. The van der Waals surface area contributed by atoms with E-state index in [4.69, 9.17) is 4.99 Å². The summed E-state index contributed by atoms with van der Waals surface area (Å²) in [5.41, 5.74) is 5.69. The second kappa shape index (κ2) is 10.4. The lowest BCUT2D eigenvalue weighted by Gasteiger charge is -2.47. The number of halogens is 4. The summed E-state index contributed by atoms with van der Waals surface area (Å²) in [7, 11) is 1.86. The largest absolute Gasteiger partial charge is 0.434 e. The Morgan fingerprint density at radius 2 is 2.03 bits per heavy atom. The van der Waals surface area contributed by atoms with Crippen molar-refractivity contribution in [2.24, 2.45) is 22.7 Å². The number of aliphatic imine (C=N–C) groups is 1. The highest BCUT2D eigenvalue weighted by atomic mass is 127. The second-order valence-corrected chi connectivity index (χ2v) is 12.7. The number of nitrogens with zero attached hydrogens (tertiary/aromatic N) is 5. The molecule has 2 atom stereocenters. The van der Waals surface area contributed by atoms with Crippen LogP contribution in [-0.2, 0) is 12.7 Å². The number of nitrogens with one attached hydrogen (secondary N) is 2. The van der Waals surface area contributed by atoms with Gasteiger partial charge in [-0.2, -0.15) is 13.2 Å². The molecule has 2 amide bonds. The number of hydrogen-bond donors (Lipinski definition) is 2. The Bertz CT molecular complexity index is 922. The molecule has 2 aliphatic heterocycles. The Labute approximate surface area is 218 Å². The topological polar surface area (TPSA) is 77.8 Å². The molecule has 2 N–H and O–H groups in total. The van der Waals surface area contributed by atoms with Gasteiger partial charge < -0.3 is 19.8 Å². The molecule has 2 fully saturated rings. The van der Waals surface area contributed by atoms with E-state index in [9.17, 15) is 18.0 Å². The van der Waals surface area contributed by atoms with Gasteiger partial charge in [0, 0.05) is 48.8 Å². The lowest BCUT2D eigenvalue weighted by Crippen LogP contribution is -2.55. The second-order valence-electron chi connectivity index (χ2n) is 10.4. The lowest BCUT2D eigenvalue weighted by molar-refractivity contribution is -0.141. The molecule has 1 aromatic heterocycles. The summed E-state index contributed by atoms with van der Waals surface area (Å²) >= 11 is 2.50. The zero-order chi connectivity index (χ0) is 25.4. The van der Waals surface area contributed by atoms with E-state index in [-0.39, 0.29) is 21.5 Å². The van der Waals surface area contributed by atoms with E-state index in [1.807, 2.05) is 16.8 Å². The molecule has 3 heterocycles. The third kappa shape index (κ3) is 6.23. The average Bonchev–Trinajstić information content (AvgIpc) is 3.46. The Balaban J connectivity index is 1.20. The number of hydrogen-bond acceptors (Lipinski definition) is 5. The van der Waals surface area contributed by atoms with E-state index in [2.05, 4.69) is 52.3 Å². The zero-order valence-electron chi connectivity index (χ0n) is 20.5. The summed E-state index contributed by atoms with van der Waals surface area (Å²) < 4.78 is 39.9. The first-order chi connectivity index (χ1) is 16.5. The van der Waals surface area contributed by atoms with Gasteiger partial charge in [-0.05, 0) is 43.9 Å². The first-order valence-electron chi connectivity index (χ1n) is 12.3. The van der Waals surface area contributed by atoms with Crippen LogP contribution in [0.3, 0.4) is 0 Å². The number of imidazole rings is 1. The first-order valence-corrected chi connectivity index (χ1v) is 13.4. The van der Waals surface area contributed by atoms with Crippen LogP contribution < -0.4 is 10.9 Å². The van der Waals surface area contributed by atoms with Crippen molar-refractivity contribution in [1.29, 1.82) is 0 Å². The van der Waals surface area contributed by atoms with Gasteiger partial charge in [-0.15, -0.1) is 0 Å². The minimum atomic E-state index is -4.42. The summed E-state index contributed by atoms with van der Waals surface area (Å²) in [6.45, 7) is 6.75. The summed E-state index contributed by atoms with van der Waals surface area (Å²) in [5.74, 6) is 2.15. The molecule has 196 valence electrons. The van der Waals surface area contributed by atoms with Crippen molar-refractivity contribution in [2.45, 2.75) is 68.3 Å². The Kier molecular flexibility index (Phi) is 7.89. The number of likely N-dealkylation sites (tertiary alicyclic amines) is 1. The fraction of sp³-hybridized carbons (Fsp3) is 0.783. The zero-order valence-corrected chi connectivity index (χ0v) is 22.6.